The topological polar surface area (TPSA) is 78.9 Å². The Kier molecular flexibility index (Phi) is 5.16. The molecule has 25 heavy (non-hydrogen) atoms. The van der Waals surface area contributed by atoms with Gasteiger partial charge in [-0.05, 0) is 48.8 Å². The minimum absolute atomic E-state index is 0.133. The zero-order chi connectivity index (χ0) is 18.0. The number of ether oxygens (including phenoxy) is 1. The van der Waals surface area contributed by atoms with Crippen LogP contribution in [0, 0.1) is 11.8 Å². The standard InChI is InChI=1S/C19H26N2O4/c1-12-6-15(18(22)23)11-21(10-12)19(24)20-16-7-14(8-16)13-4-3-5-17(9-13)25-2/h3-5,9,12,14-16H,6-8,10-11H2,1-2H3,(H,20,24)(H,22,23). The fourth-order valence-corrected chi connectivity index (χ4v) is 3.87. The summed E-state index contributed by atoms with van der Waals surface area (Å²) in [7, 11) is 1.66. The third-order valence-corrected chi connectivity index (χ3v) is 5.33. The van der Waals surface area contributed by atoms with Crippen molar-refractivity contribution in [3.8, 4) is 5.75 Å². The van der Waals surface area contributed by atoms with Gasteiger partial charge >= 0.3 is 12.0 Å². The highest BCUT2D eigenvalue weighted by Gasteiger charge is 2.35. The lowest BCUT2D eigenvalue weighted by atomic mass is 9.76. The number of benzene rings is 1. The van der Waals surface area contributed by atoms with Crippen molar-refractivity contribution >= 4 is 12.0 Å². The van der Waals surface area contributed by atoms with Gasteiger partial charge in [-0.3, -0.25) is 4.79 Å². The maximum Gasteiger partial charge on any atom is 0.317 e. The van der Waals surface area contributed by atoms with E-state index in [1.54, 1.807) is 12.0 Å². The van der Waals surface area contributed by atoms with E-state index < -0.39 is 11.9 Å². The molecule has 136 valence electrons. The SMILES string of the molecule is COc1cccc(C2CC(NC(=O)N3CC(C)CC(C(=O)O)C3)C2)c1. The molecule has 1 aromatic carbocycles. The van der Waals surface area contributed by atoms with Crippen molar-refractivity contribution in [2.45, 2.75) is 38.1 Å². The molecule has 1 saturated carbocycles. The Bertz CT molecular complexity index is 642. The number of methoxy groups -OCH3 is 1. The second-order valence-electron chi connectivity index (χ2n) is 7.37. The first kappa shape index (κ1) is 17.6. The van der Waals surface area contributed by atoms with Gasteiger partial charge in [0.15, 0.2) is 0 Å². The summed E-state index contributed by atoms with van der Waals surface area (Å²) in [6.07, 6.45) is 2.45. The Labute approximate surface area is 148 Å². The number of urea groups is 1. The maximum absolute atomic E-state index is 12.5. The average Bonchev–Trinajstić information content (AvgIpc) is 2.56. The van der Waals surface area contributed by atoms with Gasteiger partial charge in [0.05, 0.1) is 13.0 Å². The van der Waals surface area contributed by atoms with Crippen LogP contribution in [-0.4, -0.2) is 48.2 Å². The van der Waals surface area contributed by atoms with E-state index >= 15 is 0 Å². The highest BCUT2D eigenvalue weighted by Crippen LogP contribution is 2.38. The van der Waals surface area contributed by atoms with Crippen molar-refractivity contribution in [3.05, 3.63) is 29.8 Å². The van der Waals surface area contributed by atoms with Crippen molar-refractivity contribution < 1.29 is 19.4 Å². The zero-order valence-electron chi connectivity index (χ0n) is 14.8. The van der Waals surface area contributed by atoms with Crippen molar-refractivity contribution in [2.75, 3.05) is 20.2 Å². The normalized spacial score (nSPS) is 28.8. The predicted octanol–water partition coefficient (Wildman–Crippen LogP) is 2.69. The van der Waals surface area contributed by atoms with E-state index in [4.69, 9.17) is 4.74 Å². The molecule has 6 heteroatoms. The highest BCUT2D eigenvalue weighted by molar-refractivity contribution is 5.77. The fraction of sp³-hybridized carbons (Fsp3) is 0.579. The number of carboxylic acids is 1. The van der Waals surface area contributed by atoms with Crippen molar-refractivity contribution in [1.29, 1.82) is 0 Å². The fourth-order valence-electron chi connectivity index (χ4n) is 3.87. The summed E-state index contributed by atoms with van der Waals surface area (Å²) in [6, 6.07) is 8.08. The van der Waals surface area contributed by atoms with Gasteiger partial charge in [-0.25, -0.2) is 4.79 Å². The average molecular weight is 346 g/mol. The maximum atomic E-state index is 12.5. The summed E-state index contributed by atoms with van der Waals surface area (Å²) in [5.74, 6) is 0.234. The van der Waals surface area contributed by atoms with Gasteiger partial charge in [0.2, 0.25) is 0 Å². The van der Waals surface area contributed by atoms with Crippen LogP contribution in [-0.2, 0) is 4.79 Å². The number of rotatable bonds is 4. The summed E-state index contributed by atoms with van der Waals surface area (Å²) in [5, 5.41) is 12.3. The Morgan fingerprint density at radius 2 is 2.00 bits per heavy atom. The number of carboxylic acid groups (broad SMARTS) is 1. The predicted molar refractivity (Wildman–Crippen MR) is 93.8 cm³/mol. The number of nitrogens with one attached hydrogen (secondary N) is 1. The van der Waals surface area contributed by atoms with E-state index in [9.17, 15) is 14.7 Å². The second-order valence-corrected chi connectivity index (χ2v) is 7.37. The molecule has 2 fully saturated rings. The second kappa shape index (κ2) is 7.33. The molecule has 2 atom stereocenters. The van der Waals surface area contributed by atoms with Crippen LogP contribution in [0.5, 0.6) is 5.75 Å². The zero-order valence-corrected chi connectivity index (χ0v) is 14.8. The minimum atomic E-state index is -0.814. The first-order chi connectivity index (χ1) is 12.0. The van der Waals surface area contributed by atoms with Gasteiger partial charge in [0.25, 0.3) is 0 Å². The van der Waals surface area contributed by atoms with E-state index in [0.29, 0.717) is 25.4 Å². The number of hydrogen-bond donors (Lipinski definition) is 2. The van der Waals surface area contributed by atoms with Crippen molar-refractivity contribution in [3.63, 3.8) is 0 Å². The van der Waals surface area contributed by atoms with Crippen LogP contribution in [0.15, 0.2) is 24.3 Å². The molecular formula is C19H26N2O4. The van der Waals surface area contributed by atoms with Crippen molar-refractivity contribution in [2.24, 2.45) is 11.8 Å². The number of carbonyl (C=O) groups is 2. The molecule has 2 unspecified atom stereocenters. The molecule has 2 amide bonds. The van der Waals surface area contributed by atoms with Crippen LogP contribution in [0.2, 0.25) is 0 Å². The van der Waals surface area contributed by atoms with Crippen LogP contribution >= 0.6 is 0 Å². The summed E-state index contributed by atoms with van der Waals surface area (Å²) in [4.78, 5) is 25.4. The summed E-state index contributed by atoms with van der Waals surface area (Å²) in [5.41, 5.74) is 1.24. The van der Waals surface area contributed by atoms with Gasteiger partial charge in [0, 0.05) is 19.1 Å². The lowest BCUT2D eigenvalue weighted by Gasteiger charge is -2.40. The first-order valence-electron chi connectivity index (χ1n) is 8.88. The third-order valence-electron chi connectivity index (χ3n) is 5.33. The molecule has 1 aliphatic carbocycles. The largest absolute Gasteiger partial charge is 0.497 e. The molecule has 2 N–H and O–H groups in total. The molecule has 0 aromatic heterocycles. The molecule has 2 aliphatic rings. The quantitative estimate of drug-likeness (QED) is 0.878. The van der Waals surface area contributed by atoms with Crippen LogP contribution in [0.3, 0.4) is 0 Å². The Hall–Kier alpha value is -2.24. The van der Waals surface area contributed by atoms with Crippen molar-refractivity contribution in [1.82, 2.24) is 10.2 Å². The van der Waals surface area contributed by atoms with E-state index in [1.165, 1.54) is 5.56 Å². The molecule has 1 aromatic rings. The monoisotopic (exact) mass is 346 g/mol. The van der Waals surface area contributed by atoms with Gasteiger partial charge in [-0.2, -0.15) is 0 Å². The third kappa shape index (κ3) is 4.06. The molecule has 0 spiro atoms. The van der Waals surface area contributed by atoms with Crippen LogP contribution in [0.1, 0.15) is 37.7 Å². The lowest BCUT2D eigenvalue weighted by molar-refractivity contribution is -0.143. The van der Waals surface area contributed by atoms with Gasteiger partial charge in [-0.15, -0.1) is 0 Å². The smallest absolute Gasteiger partial charge is 0.317 e. The van der Waals surface area contributed by atoms with Crippen LogP contribution in [0.4, 0.5) is 4.79 Å². The first-order valence-corrected chi connectivity index (χ1v) is 8.88. The van der Waals surface area contributed by atoms with E-state index in [-0.39, 0.29) is 18.0 Å². The molecule has 0 radical (unpaired) electrons. The van der Waals surface area contributed by atoms with Gasteiger partial charge in [0.1, 0.15) is 5.75 Å². The number of aliphatic carboxylic acids is 1. The van der Waals surface area contributed by atoms with E-state index in [2.05, 4.69) is 11.4 Å². The Morgan fingerprint density at radius 1 is 1.24 bits per heavy atom. The molecule has 1 saturated heterocycles. The van der Waals surface area contributed by atoms with Crippen LogP contribution in [0.25, 0.3) is 0 Å². The van der Waals surface area contributed by atoms with E-state index in [0.717, 1.165) is 18.6 Å². The highest BCUT2D eigenvalue weighted by atomic mass is 16.5. The number of nitrogens with zero attached hydrogens (tertiary/aromatic N) is 1. The minimum Gasteiger partial charge on any atom is -0.497 e. The van der Waals surface area contributed by atoms with Crippen LogP contribution < -0.4 is 10.1 Å². The number of carbonyl (C=O) groups excluding carboxylic acids is 1. The molecule has 1 aliphatic heterocycles. The molecule has 6 nitrogen and oxygen atoms in total. The Balaban J connectivity index is 1.50. The lowest BCUT2D eigenvalue weighted by Crippen LogP contribution is -2.53. The number of likely N-dealkylation sites (tertiary alicyclic amines) is 1. The number of amides is 2. The molecular weight excluding hydrogens is 320 g/mol. The molecule has 3 rings (SSSR count). The number of hydrogen-bond acceptors (Lipinski definition) is 3. The molecule has 0 bridgehead atoms. The van der Waals surface area contributed by atoms with E-state index in [1.807, 2.05) is 25.1 Å². The van der Waals surface area contributed by atoms with Gasteiger partial charge < -0.3 is 20.1 Å². The molecule has 1 heterocycles. The summed E-state index contributed by atoms with van der Waals surface area (Å²) in [6.45, 7) is 2.93. The summed E-state index contributed by atoms with van der Waals surface area (Å²) >= 11 is 0. The number of piperidine rings is 1. The van der Waals surface area contributed by atoms with Gasteiger partial charge in [-0.1, -0.05) is 19.1 Å². The summed E-state index contributed by atoms with van der Waals surface area (Å²) < 4.78 is 5.26. The Morgan fingerprint density at radius 3 is 2.68 bits per heavy atom.